The first-order valence-electron chi connectivity index (χ1n) is 9.34. The van der Waals surface area contributed by atoms with Gasteiger partial charge in [-0.05, 0) is 43.0 Å². The number of hydrogen-bond donors (Lipinski definition) is 2. The molecule has 28 heavy (non-hydrogen) atoms. The van der Waals surface area contributed by atoms with Crippen LogP contribution in [-0.2, 0) is 24.2 Å². The number of aliphatic imine (C=N–C) groups is 1. The number of hydrogen-bond acceptors (Lipinski definition) is 3. The minimum atomic E-state index is -0.269. The highest BCUT2D eigenvalue weighted by Crippen LogP contribution is 2.29. The molecular formula is C21H27FIN3O2. The summed E-state index contributed by atoms with van der Waals surface area (Å²) in [4.78, 5) is 4.60. The van der Waals surface area contributed by atoms with Crippen molar-refractivity contribution in [1.29, 1.82) is 0 Å². The number of fused-ring (bicyclic) bond motifs is 1. The molecule has 0 aromatic heterocycles. The fourth-order valence-corrected chi connectivity index (χ4v) is 3.04. The number of nitrogens with zero attached hydrogens (tertiary/aromatic N) is 1. The highest BCUT2D eigenvalue weighted by Gasteiger charge is 2.16. The molecule has 2 N–H and O–H groups in total. The van der Waals surface area contributed by atoms with Crippen molar-refractivity contribution in [3.05, 3.63) is 65.0 Å². The number of halogens is 2. The molecule has 0 radical (unpaired) electrons. The first-order valence-corrected chi connectivity index (χ1v) is 9.34. The zero-order valence-corrected chi connectivity index (χ0v) is 18.4. The third-order valence-electron chi connectivity index (χ3n) is 4.30. The smallest absolute Gasteiger partial charge is 0.191 e. The summed E-state index contributed by atoms with van der Waals surface area (Å²) in [6, 6.07) is 13.3. The molecule has 3 rings (SSSR count). The van der Waals surface area contributed by atoms with Gasteiger partial charge >= 0.3 is 0 Å². The van der Waals surface area contributed by atoms with Crippen molar-refractivity contribution in [1.82, 2.24) is 10.6 Å². The van der Waals surface area contributed by atoms with E-state index < -0.39 is 0 Å². The molecule has 1 aliphatic rings. The molecule has 152 valence electrons. The molecule has 0 bridgehead atoms. The van der Waals surface area contributed by atoms with Gasteiger partial charge in [0.05, 0.1) is 6.61 Å². The summed E-state index contributed by atoms with van der Waals surface area (Å²) in [5.74, 6) is 1.23. The maximum Gasteiger partial charge on any atom is 0.191 e. The standard InChI is InChI=1S/C21H26FN3O2.HI/c1-2-23-21(24-10-8-16-6-4-3-5-7-16)25-11-9-17-12-19(22)13-18-14-26-15-27-20(17)18;/h3-7,12-13H,2,8-11,14-15H2,1H3,(H2,23,24,25);1H. The van der Waals surface area contributed by atoms with Crippen LogP contribution in [0.2, 0.25) is 0 Å². The Morgan fingerprint density at radius 1 is 1.14 bits per heavy atom. The van der Waals surface area contributed by atoms with Gasteiger partial charge in [0, 0.05) is 25.2 Å². The monoisotopic (exact) mass is 499 g/mol. The predicted octanol–water partition coefficient (Wildman–Crippen LogP) is 3.65. The first kappa shape index (κ1) is 22.4. The molecule has 0 atom stereocenters. The number of ether oxygens (including phenoxy) is 2. The van der Waals surface area contributed by atoms with Gasteiger partial charge in [-0.2, -0.15) is 0 Å². The Kier molecular flexibility index (Phi) is 9.49. The second-order valence-electron chi connectivity index (χ2n) is 6.34. The van der Waals surface area contributed by atoms with Crippen LogP contribution >= 0.6 is 24.0 Å². The van der Waals surface area contributed by atoms with Gasteiger partial charge in [-0.3, -0.25) is 4.99 Å². The second kappa shape index (κ2) is 11.9. The van der Waals surface area contributed by atoms with Crippen molar-refractivity contribution < 1.29 is 13.9 Å². The van der Waals surface area contributed by atoms with Crippen LogP contribution < -0.4 is 15.4 Å². The van der Waals surface area contributed by atoms with Crippen LogP contribution in [0.4, 0.5) is 4.39 Å². The molecule has 0 amide bonds. The molecule has 0 aliphatic carbocycles. The van der Waals surface area contributed by atoms with Crippen LogP contribution in [0, 0.1) is 5.82 Å². The number of benzene rings is 2. The molecule has 1 heterocycles. The van der Waals surface area contributed by atoms with E-state index in [9.17, 15) is 4.39 Å². The van der Waals surface area contributed by atoms with E-state index in [1.165, 1.54) is 17.7 Å². The molecule has 0 fully saturated rings. The summed E-state index contributed by atoms with van der Waals surface area (Å²) in [5.41, 5.74) is 2.87. The maximum atomic E-state index is 13.8. The summed E-state index contributed by atoms with van der Waals surface area (Å²) in [5, 5.41) is 6.59. The topological polar surface area (TPSA) is 54.9 Å². The Labute approximate surface area is 182 Å². The second-order valence-corrected chi connectivity index (χ2v) is 6.34. The van der Waals surface area contributed by atoms with Crippen LogP contribution in [0.5, 0.6) is 5.75 Å². The van der Waals surface area contributed by atoms with E-state index in [2.05, 4.69) is 27.8 Å². The molecule has 2 aromatic carbocycles. The predicted molar refractivity (Wildman–Crippen MR) is 120 cm³/mol. The lowest BCUT2D eigenvalue weighted by Gasteiger charge is -2.20. The molecule has 2 aromatic rings. The van der Waals surface area contributed by atoms with Crippen LogP contribution in [0.15, 0.2) is 47.5 Å². The van der Waals surface area contributed by atoms with Crippen molar-refractivity contribution in [3.63, 3.8) is 0 Å². The average Bonchev–Trinajstić information content (AvgIpc) is 2.68. The van der Waals surface area contributed by atoms with Gasteiger partial charge in [-0.15, -0.1) is 24.0 Å². The summed E-state index contributed by atoms with van der Waals surface area (Å²) >= 11 is 0. The third kappa shape index (κ3) is 6.63. The van der Waals surface area contributed by atoms with Crippen LogP contribution in [0.3, 0.4) is 0 Å². The Balaban J connectivity index is 0.00000280. The van der Waals surface area contributed by atoms with Crippen molar-refractivity contribution in [2.75, 3.05) is 26.4 Å². The van der Waals surface area contributed by atoms with E-state index in [1.54, 1.807) is 0 Å². The van der Waals surface area contributed by atoms with Crippen molar-refractivity contribution in [2.24, 2.45) is 4.99 Å². The van der Waals surface area contributed by atoms with Gasteiger partial charge in [0.2, 0.25) is 0 Å². The minimum absolute atomic E-state index is 0. The lowest BCUT2D eigenvalue weighted by molar-refractivity contribution is -0.0172. The minimum Gasteiger partial charge on any atom is -0.467 e. The molecule has 7 heteroatoms. The van der Waals surface area contributed by atoms with E-state index in [0.717, 1.165) is 42.3 Å². The zero-order chi connectivity index (χ0) is 18.9. The molecule has 0 saturated carbocycles. The van der Waals surface area contributed by atoms with Gasteiger partial charge in [0.25, 0.3) is 0 Å². The van der Waals surface area contributed by atoms with Crippen molar-refractivity contribution >= 4 is 29.9 Å². The van der Waals surface area contributed by atoms with Gasteiger partial charge in [0.15, 0.2) is 12.8 Å². The molecule has 5 nitrogen and oxygen atoms in total. The van der Waals surface area contributed by atoms with Gasteiger partial charge in [-0.1, -0.05) is 30.3 Å². The first-order chi connectivity index (χ1) is 13.3. The van der Waals surface area contributed by atoms with E-state index in [1.807, 2.05) is 25.1 Å². The fourth-order valence-electron chi connectivity index (χ4n) is 3.04. The van der Waals surface area contributed by atoms with Gasteiger partial charge in [-0.25, -0.2) is 4.39 Å². The van der Waals surface area contributed by atoms with E-state index >= 15 is 0 Å². The van der Waals surface area contributed by atoms with Crippen LogP contribution in [0.1, 0.15) is 23.6 Å². The van der Waals surface area contributed by atoms with E-state index in [4.69, 9.17) is 9.47 Å². The highest BCUT2D eigenvalue weighted by atomic mass is 127. The quantitative estimate of drug-likeness (QED) is 0.347. The molecule has 0 saturated heterocycles. The highest BCUT2D eigenvalue weighted by molar-refractivity contribution is 14.0. The summed E-state index contributed by atoms with van der Waals surface area (Å²) < 4.78 is 24.6. The van der Waals surface area contributed by atoms with Crippen LogP contribution in [-0.4, -0.2) is 32.4 Å². The fraction of sp³-hybridized carbons (Fsp3) is 0.381. The number of rotatable bonds is 7. The Morgan fingerprint density at radius 2 is 1.96 bits per heavy atom. The third-order valence-corrected chi connectivity index (χ3v) is 4.30. The lowest BCUT2D eigenvalue weighted by Crippen LogP contribution is -2.38. The van der Waals surface area contributed by atoms with Crippen molar-refractivity contribution in [3.8, 4) is 5.75 Å². The molecular weight excluding hydrogens is 472 g/mol. The molecule has 1 aliphatic heterocycles. The normalized spacial score (nSPS) is 13.1. The average molecular weight is 499 g/mol. The van der Waals surface area contributed by atoms with E-state index in [-0.39, 0.29) is 36.6 Å². The SMILES string of the molecule is CCNC(=NCCc1cc(F)cc2c1OCOC2)NCCc1ccccc1.I. The summed E-state index contributed by atoms with van der Waals surface area (Å²) in [7, 11) is 0. The largest absolute Gasteiger partial charge is 0.467 e. The molecule has 0 unspecified atom stereocenters. The zero-order valence-electron chi connectivity index (χ0n) is 16.0. The van der Waals surface area contributed by atoms with E-state index in [0.29, 0.717) is 19.6 Å². The summed E-state index contributed by atoms with van der Waals surface area (Å²) in [6.45, 7) is 4.75. The number of nitrogens with one attached hydrogen (secondary N) is 2. The summed E-state index contributed by atoms with van der Waals surface area (Å²) in [6.07, 6.45) is 1.53. The lowest BCUT2D eigenvalue weighted by atomic mass is 10.1. The number of guanidine groups is 1. The van der Waals surface area contributed by atoms with Gasteiger partial charge < -0.3 is 20.1 Å². The van der Waals surface area contributed by atoms with Crippen LogP contribution in [0.25, 0.3) is 0 Å². The maximum absolute atomic E-state index is 13.8. The van der Waals surface area contributed by atoms with Crippen molar-refractivity contribution in [2.45, 2.75) is 26.4 Å². The Bertz CT molecular complexity index is 772. The Morgan fingerprint density at radius 3 is 2.75 bits per heavy atom. The Hall–Kier alpha value is -1.87. The van der Waals surface area contributed by atoms with Gasteiger partial charge in [0.1, 0.15) is 11.6 Å². The molecule has 0 spiro atoms.